The Labute approximate surface area is 259 Å². The number of nitrogens with one attached hydrogen (secondary N) is 4. The van der Waals surface area contributed by atoms with Crippen molar-refractivity contribution in [1.82, 2.24) is 26.3 Å². The zero-order valence-electron chi connectivity index (χ0n) is 24.9. The van der Waals surface area contributed by atoms with Gasteiger partial charge in [0.25, 0.3) is 0 Å². The van der Waals surface area contributed by atoms with E-state index in [1.165, 1.54) is 25.2 Å². The number of amides is 4. The third-order valence-electron chi connectivity index (χ3n) is 7.07. The molecule has 4 atom stereocenters. The topological polar surface area (TPSA) is 228 Å². The molecule has 2 aromatic rings. The lowest BCUT2D eigenvalue weighted by Gasteiger charge is -2.25. The number of nitrogens with two attached hydrogens (primary N) is 2. The highest BCUT2D eigenvalue weighted by Gasteiger charge is 2.31. The average Bonchev–Trinajstić information content (AvgIpc) is 3.40. The number of hydrogen-bond donors (Lipinski definition) is 6. The van der Waals surface area contributed by atoms with Crippen molar-refractivity contribution in [3.05, 3.63) is 29.3 Å². The zero-order valence-corrected chi connectivity index (χ0v) is 25.7. The number of ketones is 2. The highest BCUT2D eigenvalue weighted by Crippen LogP contribution is 2.23. The molecule has 0 unspecified atom stereocenters. The molecule has 1 aliphatic rings. The van der Waals surface area contributed by atoms with Crippen LogP contribution < -0.4 is 32.7 Å². The summed E-state index contributed by atoms with van der Waals surface area (Å²) in [4.78, 5) is 85.6. The fourth-order valence-electron chi connectivity index (χ4n) is 4.74. The summed E-state index contributed by atoms with van der Waals surface area (Å²) in [6.45, 7) is 3.30. The Hall–Kier alpha value is -4.40. The van der Waals surface area contributed by atoms with E-state index in [0.29, 0.717) is 24.8 Å². The van der Waals surface area contributed by atoms with Gasteiger partial charge in [-0.05, 0) is 44.2 Å². The van der Waals surface area contributed by atoms with E-state index in [2.05, 4.69) is 31.2 Å². The maximum absolute atomic E-state index is 13.6. The van der Waals surface area contributed by atoms with Gasteiger partial charge < -0.3 is 32.7 Å². The van der Waals surface area contributed by atoms with Crippen LogP contribution in [0, 0.1) is 5.92 Å². The molecular formula is C29H40N8O6S. The molecule has 238 valence electrons. The highest BCUT2D eigenvalue weighted by molar-refractivity contribution is 7.20. The summed E-state index contributed by atoms with van der Waals surface area (Å²) in [5.41, 5.74) is 11.5. The molecule has 0 aliphatic carbocycles. The Morgan fingerprint density at radius 1 is 1.14 bits per heavy atom. The third-order valence-corrected chi connectivity index (χ3v) is 8.12. The standard InChI is InChI=1S/C29H40N8O6S/c1-16-14-22(39)21(34-17(2)38)15-24(40)32-12-6-5-9-20(36-26(16)42)27(43)35-19(10-7-13-33-29(30)31)25(41)28-37-18-8-3-4-11-23(18)44-28/h3-4,8,11,16,19-21H,5-7,9-10,12-15H2,1-2H3,(H,32,40)(H,34,38)(H,35,43)(H,36,42)(H4,30,31,33)/t16-,19+,20+,21+/m1/s1. The van der Waals surface area contributed by atoms with Gasteiger partial charge in [-0.15, -0.1) is 11.3 Å². The van der Waals surface area contributed by atoms with Crippen molar-refractivity contribution in [2.24, 2.45) is 22.4 Å². The number of guanidine groups is 1. The molecule has 0 radical (unpaired) electrons. The Morgan fingerprint density at radius 3 is 2.59 bits per heavy atom. The number of carbonyl (C=O) groups is 6. The van der Waals surface area contributed by atoms with Crippen molar-refractivity contribution >= 4 is 62.7 Å². The lowest BCUT2D eigenvalue weighted by Crippen LogP contribution is -2.53. The van der Waals surface area contributed by atoms with Gasteiger partial charge in [-0.3, -0.25) is 33.8 Å². The summed E-state index contributed by atoms with van der Waals surface area (Å²) in [7, 11) is 0. The van der Waals surface area contributed by atoms with Crippen LogP contribution in [-0.2, 0) is 24.0 Å². The molecule has 0 bridgehead atoms. The minimum Gasteiger partial charge on any atom is -0.370 e. The number of fused-ring (bicyclic) bond motifs is 1. The average molecular weight is 629 g/mol. The number of carbonyl (C=O) groups excluding carboxylic acids is 6. The van der Waals surface area contributed by atoms with Gasteiger partial charge >= 0.3 is 0 Å². The minimum atomic E-state index is -1.07. The summed E-state index contributed by atoms with van der Waals surface area (Å²) in [5.74, 6) is -3.76. The molecule has 0 spiro atoms. The second-order valence-corrected chi connectivity index (χ2v) is 11.8. The third kappa shape index (κ3) is 10.4. The van der Waals surface area contributed by atoms with Crippen LogP contribution in [0.25, 0.3) is 10.2 Å². The Kier molecular flexibility index (Phi) is 12.7. The smallest absolute Gasteiger partial charge is 0.243 e. The van der Waals surface area contributed by atoms with E-state index >= 15 is 0 Å². The first-order valence-electron chi connectivity index (χ1n) is 14.6. The number of rotatable bonds is 9. The molecule has 15 heteroatoms. The van der Waals surface area contributed by atoms with Gasteiger partial charge in [0, 0.05) is 32.4 Å². The quantitative estimate of drug-likeness (QED) is 0.0969. The molecule has 1 aliphatic heterocycles. The van der Waals surface area contributed by atoms with Crippen molar-refractivity contribution in [2.45, 2.75) is 76.9 Å². The van der Waals surface area contributed by atoms with E-state index in [9.17, 15) is 28.8 Å². The molecule has 1 aromatic carbocycles. The Balaban J connectivity index is 1.79. The molecule has 44 heavy (non-hydrogen) atoms. The van der Waals surface area contributed by atoms with Crippen molar-refractivity contribution in [3.8, 4) is 0 Å². The molecule has 1 fully saturated rings. The van der Waals surface area contributed by atoms with E-state index in [1.54, 1.807) is 6.07 Å². The summed E-state index contributed by atoms with van der Waals surface area (Å²) in [6.07, 6.45) is 1.34. The SMILES string of the molecule is CC(=O)N[C@H]1CC(=O)NCCCC[C@@H](C(=O)N[C@@H](CCCN=C(N)N)C(=O)c2nc3ccccc3s2)NC(=O)[C@H](C)CC1=O. The van der Waals surface area contributed by atoms with Crippen LogP contribution in [0.3, 0.4) is 0 Å². The molecule has 2 heterocycles. The predicted molar refractivity (Wildman–Crippen MR) is 166 cm³/mol. The van der Waals surface area contributed by atoms with Crippen molar-refractivity contribution < 1.29 is 28.8 Å². The number of nitrogens with zero attached hydrogens (tertiary/aromatic N) is 2. The number of thiazole rings is 1. The number of aliphatic imine (C=N–C) groups is 1. The molecule has 14 nitrogen and oxygen atoms in total. The fraction of sp³-hybridized carbons (Fsp3) is 0.517. The normalized spacial score (nSPS) is 20.9. The van der Waals surface area contributed by atoms with E-state index < -0.39 is 53.5 Å². The van der Waals surface area contributed by atoms with Gasteiger partial charge in [0.1, 0.15) is 6.04 Å². The van der Waals surface area contributed by atoms with Crippen molar-refractivity contribution in [3.63, 3.8) is 0 Å². The molecule has 1 saturated heterocycles. The van der Waals surface area contributed by atoms with Crippen LogP contribution in [0.4, 0.5) is 0 Å². The number of hydrogen-bond acceptors (Lipinski definition) is 9. The number of aromatic nitrogens is 1. The fourth-order valence-corrected chi connectivity index (χ4v) is 5.70. The molecule has 4 amide bonds. The summed E-state index contributed by atoms with van der Waals surface area (Å²) >= 11 is 1.22. The Morgan fingerprint density at radius 2 is 1.89 bits per heavy atom. The first kappa shape index (κ1) is 34.1. The lowest BCUT2D eigenvalue weighted by molar-refractivity contribution is -0.134. The van der Waals surface area contributed by atoms with Gasteiger partial charge in [0.2, 0.25) is 29.4 Å². The van der Waals surface area contributed by atoms with Gasteiger partial charge in [0.05, 0.1) is 28.7 Å². The first-order chi connectivity index (χ1) is 20.9. The van der Waals surface area contributed by atoms with Gasteiger partial charge in [-0.25, -0.2) is 4.98 Å². The molecule has 1 aromatic heterocycles. The second kappa shape index (κ2) is 16.4. The van der Waals surface area contributed by atoms with Crippen molar-refractivity contribution in [2.75, 3.05) is 13.1 Å². The summed E-state index contributed by atoms with van der Waals surface area (Å²) < 4.78 is 0.830. The van der Waals surface area contributed by atoms with E-state index in [0.717, 1.165) is 4.70 Å². The number of para-hydroxylation sites is 1. The largest absolute Gasteiger partial charge is 0.370 e. The summed E-state index contributed by atoms with van der Waals surface area (Å²) in [5, 5.41) is 11.0. The number of Topliss-reactive ketones (excluding diaryl/α,β-unsaturated/α-hetero) is 2. The molecule has 0 saturated carbocycles. The van der Waals surface area contributed by atoms with Crippen LogP contribution in [0.2, 0.25) is 0 Å². The monoisotopic (exact) mass is 628 g/mol. The van der Waals surface area contributed by atoms with E-state index in [4.69, 9.17) is 11.5 Å². The second-order valence-electron chi connectivity index (χ2n) is 10.8. The zero-order chi connectivity index (χ0) is 32.2. The van der Waals surface area contributed by atoms with Crippen LogP contribution in [0.1, 0.15) is 68.6 Å². The van der Waals surface area contributed by atoms with Crippen molar-refractivity contribution in [1.29, 1.82) is 0 Å². The van der Waals surface area contributed by atoms with Gasteiger partial charge in [-0.1, -0.05) is 19.1 Å². The molecular weight excluding hydrogens is 588 g/mol. The summed E-state index contributed by atoms with van der Waals surface area (Å²) in [6, 6.07) is 4.28. The van der Waals surface area contributed by atoms with Gasteiger partial charge in [-0.2, -0.15) is 0 Å². The van der Waals surface area contributed by atoms with Crippen LogP contribution >= 0.6 is 11.3 Å². The van der Waals surface area contributed by atoms with Crippen LogP contribution in [0.5, 0.6) is 0 Å². The maximum Gasteiger partial charge on any atom is 0.243 e. The lowest BCUT2D eigenvalue weighted by atomic mass is 9.96. The minimum absolute atomic E-state index is 0.0855. The molecule has 3 rings (SSSR count). The first-order valence-corrected chi connectivity index (χ1v) is 15.4. The highest BCUT2D eigenvalue weighted by atomic mass is 32.1. The van der Waals surface area contributed by atoms with E-state index in [1.807, 2.05) is 18.2 Å². The Bertz CT molecular complexity index is 1370. The maximum atomic E-state index is 13.6. The van der Waals surface area contributed by atoms with Gasteiger partial charge in [0.15, 0.2) is 16.8 Å². The van der Waals surface area contributed by atoms with Crippen LogP contribution in [0.15, 0.2) is 29.3 Å². The molecule has 8 N–H and O–H groups in total. The number of benzene rings is 1. The van der Waals surface area contributed by atoms with Crippen LogP contribution in [-0.4, -0.2) is 77.4 Å². The predicted octanol–water partition coefficient (Wildman–Crippen LogP) is 0.292. The van der Waals surface area contributed by atoms with E-state index in [-0.39, 0.29) is 55.5 Å².